The summed E-state index contributed by atoms with van der Waals surface area (Å²) >= 11 is 18.6. The number of hydrogen-bond acceptors (Lipinski definition) is 3. The first kappa shape index (κ1) is 16.8. The highest BCUT2D eigenvalue weighted by Crippen LogP contribution is 2.54. The maximum atomic E-state index is 13.1. The van der Waals surface area contributed by atoms with E-state index in [9.17, 15) is 5.21 Å². The van der Waals surface area contributed by atoms with Crippen LogP contribution in [0.4, 0.5) is 0 Å². The molecule has 0 radical (unpaired) electrons. The summed E-state index contributed by atoms with van der Waals surface area (Å²) in [5, 5.41) is 13.7. The fraction of sp³-hybridized carbons (Fsp3) is 0.600. The van der Waals surface area contributed by atoms with E-state index in [1.165, 1.54) is 0 Å². The highest BCUT2D eigenvalue weighted by molar-refractivity contribution is 6.49. The van der Waals surface area contributed by atoms with Gasteiger partial charge >= 0.3 is 0 Å². The van der Waals surface area contributed by atoms with Gasteiger partial charge in [0.2, 0.25) is 4.33 Å². The summed E-state index contributed by atoms with van der Waals surface area (Å²) in [7, 11) is 0. The van der Waals surface area contributed by atoms with Crippen molar-refractivity contribution in [1.82, 2.24) is 4.90 Å². The Labute approximate surface area is 145 Å². The van der Waals surface area contributed by atoms with Crippen LogP contribution in [-0.4, -0.2) is 59.8 Å². The van der Waals surface area contributed by atoms with Crippen molar-refractivity contribution in [2.75, 3.05) is 45.9 Å². The number of alkyl halides is 2. The van der Waals surface area contributed by atoms with Crippen molar-refractivity contribution in [2.45, 2.75) is 10.4 Å². The minimum atomic E-state index is -1.01. The molecule has 22 heavy (non-hydrogen) atoms. The number of nitrogens with zero attached hydrogens (tertiary/aromatic N) is 2. The Bertz CT molecular complexity index is 520. The fourth-order valence-corrected chi connectivity index (χ4v) is 4.41. The molecule has 122 valence electrons. The molecule has 4 nitrogen and oxygen atoms in total. The first-order valence-corrected chi connectivity index (χ1v) is 8.55. The second kappa shape index (κ2) is 6.44. The normalized spacial score (nSPS) is 31.7. The largest absolute Gasteiger partial charge is 0.632 e. The molecule has 0 aliphatic carbocycles. The van der Waals surface area contributed by atoms with Gasteiger partial charge in [0.25, 0.3) is 0 Å². The molecule has 0 bridgehead atoms. The molecular formula is C15H19Cl3N2O2. The van der Waals surface area contributed by atoms with E-state index in [4.69, 9.17) is 39.5 Å². The van der Waals surface area contributed by atoms with Gasteiger partial charge in [0.15, 0.2) is 6.04 Å². The Hall–Kier alpha value is -0.0700. The van der Waals surface area contributed by atoms with Gasteiger partial charge in [-0.2, -0.15) is 0 Å². The lowest BCUT2D eigenvalue weighted by atomic mass is 9.92. The highest BCUT2D eigenvalue weighted by atomic mass is 35.5. The molecule has 0 N–H and O–H groups in total. The molecule has 1 aromatic rings. The van der Waals surface area contributed by atoms with Crippen LogP contribution in [0.1, 0.15) is 11.6 Å². The zero-order valence-electron chi connectivity index (χ0n) is 12.2. The first-order chi connectivity index (χ1) is 10.4. The van der Waals surface area contributed by atoms with Gasteiger partial charge in [0.05, 0.1) is 19.8 Å². The van der Waals surface area contributed by atoms with Gasteiger partial charge in [-0.3, -0.25) is 4.90 Å². The van der Waals surface area contributed by atoms with Crippen molar-refractivity contribution in [1.29, 1.82) is 0 Å². The van der Waals surface area contributed by atoms with Crippen LogP contribution in [0.2, 0.25) is 5.02 Å². The van der Waals surface area contributed by atoms with Gasteiger partial charge in [-0.05, 0) is 12.1 Å². The van der Waals surface area contributed by atoms with Crippen molar-refractivity contribution >= 4 is 34.8 Å². The maximum Gasteiger partial charge on any atom is 0.222 e. The molecule has 2 aliphatic rings. The van der Waals surface area contributed by atoms with E-state index >= 15 is 0 Å². The maximum absolute atomic E-state index is 13.1. The van der Waals surface area contributed by atoms with Gasteiger partial charge < -0.3 is 14.6 Å². The third-order valence-corrected chi connectivity index (χ3v) is 5.34. The van der Waals surface area contributed by atoms with Crippen LogP contribution in [0.25, 0.3) is 0 Å². The van der Waals surface area contributed by atoms with Crippen LogP contribution in [0.15, 0.2) is 24.3 Å². The number of morpholine rings is 1. The second-order valence-corrected chi connectivity index (χ2v) is 7.98. The molecule has 2 heterocycles. The van der Waals surface area contributed by atoms with Gasteiger partial charge in [0.1, 0.15) is 6.54 Å². The van der Waals surface area contributed by atoms with E-state index in [0.717, 1.165) is 38.4 Å². The topological polar surface area (TPSA) is 35.5 Å². The number of benzene rings is 1. The Morgan fingerprint density at radius 2 is 1.86 bits per heavy atom. The zero-order valence-corrected chi connectivity index (χ0v) is 14.4. The van der Waals surface area contributed by atoms with Crippen LogP contribution >= 0.6 is 34.8 Å². The van der Waals surface area contributed by atoms with Crippen LogP contribution in [0.3, 0.4) is 0 Å². The number of hydrogen-bond donors (Lipinski definition) is 0. The molecule has 2 fully saturated rings. The molecule has 1 aromatic carbocycles. The standard InChI is InChI=1S/C15H19Cl3N2O2/c16-13-3-1-12(2-4-13)14-15(17,18)11-20(14,21)8-5-19-6-9-22-10-7-19/h1-4,14H,5-11H2. The third kappa shape index (κ3) is 3.39. The van der Waals surface area contributed by atoms with Crippen molar-refractivity contribution in [3.63, 3.8) is 0 Å². The Morgan fingerprint density at radius 3 is 2.45 bits per heavy atom. The van der Waals surface area contributed by atoms with E-state index in [2.05, 4.69) is 4.90 Å². The highest BCUT2D eigenvalue weighted by Gasteiger charge is 2.60. The number of halogens is 3. The van der Waals surface area contributed by atoms with Crippen molar-refractivity contribution in [3.05, 3.63) is 40.1 Å². The van der Waals surface area contributed by atoms with Gasteiger partial charge in [-0.15, -0.1) is 0 Å². The molecule has 7 heteroatoms. The van der Waals surface area contributed by atoms with E-state index in [0.29, 0.717) is 11.6 Å². The predicted molar refractivity (Wildman–Crippen MR) is 89.3 cm³/mol. The number of quaternary nitrogens is 1. The average molecular weight is 366 g/mol. The Morgan fingerprint density at radius 1 is 1.23 bits per heavy atom. The molecule has 2 unspecified atom stereocenters. The monoisotopic (exact) mass is 364 g/mol. The molecular weight excluding hydrogens is 347 g/mol. The SMILES string of the molecule is [O-][N+]1(CCN2CCOCC2)CC(Cl)(Cl)C1c1ccc(Cl)cc1. The van der Waals surface area contributed by atoms with Gasteiger partial charge in [0, 0.05) is 30.2 Å². The summed E-state index contributed by atoms with van der Waals surface area (Å²) in [5.74, 6) is 0. The smallest absolute Gasteiger partial charge is 0.222 e. The van der Waals surface area contributed by atoms with Crippen molar-refractivity contribution < 1.29 is 9.38 Å². The summed E-state index contributed by atoms with van der Waals surface area (Å²) in [6.07, 6.45) is 0. The van der Waals surface area contributed by atoms with Crippen LogP contribution in [0, 0.1) is 5.21 Å². The summed E-state index contributed by atoms with van der Waals surface area (Å²) in [6, 6.07) is 6.75. The molecule has 2 saturated heterocycles. The zero-order chi connectivity index (χ0) is 15.8. The van der Waals surface area contributed by atoms with E-state index in [1.807, 2.05) is 12.1 Å². The molecule has 0 spiro atoms. The van der Waals surface area contributed by atoms with Crippen LogP contribution in [-0.2, 0) is 4.74 Å². The molecule has 0 amide bonds. The first-order valence-electron chi connectivity index (χ1n) is 7.42. The van der Waals surface area contributed by atoms with E-state index in [-0.39, 0.29) is 11.2 Å². The summed E-state index contributed by atoms with van der Waals surface area (Å²) in [6.45, 7) is 4.64. The number of ether oxygens (including phenoxy) is 1. The minimum Gasteiger partial charge on any atom is -0.632 e. The van der Waals surface area contributed by atoms with Crippen molar-refractivity contribution in [2.24, 2.45) is 0 Å². The average Bonchev–Trinajstić information content (AvgIpc) is 2.47. The lowest BCUT2D eigenvalue weighted by Crippen LogP contribution is -2.69. The second-order valence-electron chi connectivity index (χ2n) is 6.00. The molecule has 2 atom stereocenters. The summed E-state index contributed by atoms with van der Waals surface area (Å²) < 4.78 is 3.93. The molecule has 0 saturated carbocycles. The van der Waals surface area contributed by atoms with Crippen LogP contribution < -0.4 is 0 Å². The Kier molecular flexibility index (Phi) is 4.91. The quantitative estimate of drug-likeness (QED) is 0.467. The molecule has 3 rings (SSSR count). The predicted octanol–water partition coefficient (Wildman–Crippen LogP) is 3.22. The molecule has 0 aromatic heterocycles. The van der Waals surface area contributed by atoms with E-state index in [1.54, 1.807) is 12.1 Å². The summed E-state index contributed by atoms with van der Waals surface area (Å²) in [5.41, 5.74) is 0.845. The van der Waals surface area contributed by atoms with Crippen LogP contribution in [0.5, 0.6) is 0 Å². The van der Waals surface area contributed by atoms with Gasteiger partial charge in [-0.25, -0.2) is 0 Å². The number of hydroxylamine groups is 3. The fourth-order valence-electron chi connectivity index (χ4n) is 3.27. The van der Waals surface area contributed by atoms with Crippen molar-refractivity contribution in [3.8, 4) is 0 Å². The minimum absolute atomic E-state index is 0.216. The summed E-state index contributed by atoms with van der Waals surface area (Å²) in [4.78, 5) is 2.25. The van der Waals surface area contributed by atoms with E-state index < -0.39 is 10.4 Å². The number of likely N-dealkylation sites (tertiary alicyclic amines) is 1. The lowest BCUT2D eigenvalue weighted by molar-refractivity contribution is -0.954. The third-order valence-electron chi connectivity index (χ3n) is 4.43. The number of rotatable bonds is 4. The lowest BCUT2D eigenvalue weighted by Gasteiger charge is -2.62. The van der Waals surface area contributed by atoms with Gasteiger partial charge in [-0.1, -0.05) is 46.9 Å². The molecule has 2 aliphatic heterocycles. The Balaban J connectivity index is 1.70.